The van der Waals surface area contributed by atoms with E-state index in [2.05, 4.69) is 4.98 Å². The first kappa shape index (κ1) is 30.8. The molecular formula is C35H36F2N2O5. The lowest BCUT2D eigenvalue weighted by atomic mass is 10.0. The van der Waals surface area contributed by atoms with Crippen molar-refractivity contribution >= 4 is 6.09 Å². The molecule has 1 aliphatic heterocycles. The summed E-state index contributed by atoms with van der Waals surface area (Å²) < 4.78 is 54.4. The van der Waals surface area contributed by atoms with Crippen molar-refractivity contribution in [2.75, 3.05) is 13.1 Å². The van der Waals surface area contributed by atoms with Crippen LogP contribution in [0.1, 0.15) is 44.7 Å². The zero-order valence-electron chi connectivity index (χ0n) is 25.1. The van der Waals surface area contributed by atoms with E-state index in [1.54, 1.807) is 17.0 Å². The third-order valence-corrected chi connectivity index (χ3v) is 6.96. The number of aromatic nitrogens is 1. The monoisotopic (exact) mass is 602 g/mol. The number of halogens is 2. The highest BCUT2D eigenvalue weighted by molar-refractivity contribution is 5.71. The second kappa shape index (κ2) is 13.8. The number of rotatable bonds is 9. The van der Waals surface area contributed by atoms with Crippen molar-refractivity contribution in [1.82, 2.24) is 9.88 Å². The zero-order valence-corrected chi connectivity index (χ0v) is 25.1. The van der Waals surface area contributed by atoms with Crippen LogP contribution < -0.4 is 14.2 Å². The van der Waals surface area contributed by atoms with E-state index in [0.29, 0.717) is 25.9 Å². The van der Waals surface area contributed by atoms with Crippen molar-refractivity contribution in [2.45, 2.75) is 58.5 Å². The number of amides is 1. The van der Waals surface area contributed by atoms with E-state index in [9.17, 15) is 4.79 Å². The fraction of sp³-hybridized carbons (Fsp3) is 0.314. The molecule has 0 saturated carbocycles. The number of nitrogens with zero attached hydrogens (tertiary/aromatic N) is 2. The van der Waals surface area contributed by atoms with E-state index in [1.807, 2.05) is 81.4 Å². The minimum absolute atomic E-state index is 0.0420. The van der Waals surface area contributed by atoms with Crippen LogP contribution in [0.3, 0.4) is 0 Å². The highest BCUT2D eigenvalue weighted by atomic mass is 19.1. The van der Waals surface area contributed by atoms with Crippen molar-refractivity contribution in [3.05, 3.63) is 108 Å². The fourth-order valence-corrected chi connectivity index (χ4v) is 4.81. The first-order chi connectivity index (χ1) is 21.1. The summed E-state index contributed by atoms with van der Waals surface area (Å²) in [4.78, 5) is 18.4. The molecule has 0 atom stereocenters. The van der Waals surface area contributed by atoms with Gasteiger partial charge in [0.2, 0.25) is 11.8 Å². The Bertz CT molecular complexity index is 1530. The van der Waals surface area contributed by atoms with Crippen molar-refractivity contribution in [3.63, 3.8) is 0 Å². The molecule has 2 heterocycles. The van der Waals surface area contributed by atoms with Crippen LogP contribution in [-0.2, 0) is 18.0 Å². The van der Waals surface area contributed by atoms with E-state index in [1.165, 1.54) is 12.1 Å². The van der Waals surface area contributed by atoms with E-state index in [0.717, 1.165) is 11.1 Å². The number of carbonyl (C=O) groups excluding carboxylic acids is 1. The van der Waals surface area contributed by atoms with Gasteiger partial charge in [-0.25, -0.2) is 13.6 Å². The van der Waals surface area contributed by atoms with Crippen LogP contribution in [0.2, 0.25) is 0 Å². The van der Waals surface area contributed by atoms with Gasteiger partial charge in [0.05, 0.1) is 11.1 Å². The Morgan fingerprint density at radius 2 is 1.41 bits per heavy atom. The number of hydrogen-bond acceptors (Lipinski definition) is 6. The molecule has 0 spiro atoms. The van der Waals surface area contributed by atoms with Crippen molar-refractivity contribution in [3.8, 4) is 28.6 Å². The van der Waals surface area contributed by atoms with Gasteiger partial charge >= 0.3 is 6.09 Å². The van der Waals surface area contributed by atoms with Crippen LogP contribution in [0.5, 0.6) is 17.5 Å². The van der Waals surface area contributed by atoms with Gasteiger partial charge in [-0.1, -0.05) is 60.7 Å². The molecule has 1 aromatic heterocycles. The van der Waals surface area contributed by atoms with E-state index in [-0.39, 0.29) is 54.0 Å². The van der Waals surface area contributed by atoms with E-state index in [4.69, 9.17) is 18.9 Å². The lowest BCUT2D eigenvalue weighted by Crippen LogP contribution is -2.44. The molecule has 0 unspecified atom stereocenters. The second-order valence-electron chi connectivity index (χ2n) is 11.6. The van der Waals surface area contributed by atoms with Gasteiger partial charge in [-0.15, -0.1) is 0 Å². The standard InChI is InChI=1S/C35H36F2N2O5/c1-35(2,3)44-34(40)39-18-16-26(17-19-39)43-27-20-29(36)32(30(37)21-27)28-14-15-31(41-22-24-10-6-4-7-11-24)38-33(28)42-23-25-12-8-5-9-13-25/h4-15,20-21,26H,16-19,22-23H2,1-3H3. The number of carbonyl (C=O) groups is 1. The third kappa shape index (κ3) is 8.24. The van der Waals surface area contributed by atoms with Crippen LogP contribution in [0.4, 0.5) is 13.6 Å². The third-order valence-electron chi connectivity index (χ3n) is 6.96. The molecule has 1 amide bonds. The van der Waals surface area contributed by atoms with Gasteiger partial charge in [0.25, 0.3) is 0 Å². The van der Waals surface area contributed by atoms with Crippen LogP contribution in [0, 0.1) is 11.6 Å². The predicted octanol–water partition coefficient (Wildman–Crippen LogP) is 7.96. The Morgan fingerprint density at radius 3 is 1.98 bits per heavy atom. The van der Waals surface area contributed by atoms with Crippen LogP contribution >= 0.6 is 0 Å². The van der Waals surface area contributed by atoms with Crippen LogP contribution in [0.25, 0.3) is 11.1 Å². The van der Waals surface area contributed by atoms with Gasteiger partial charge in [-0.05, 0) is 38.0 Å². The molecule has 44 heavy (non-hydrogen) atoms. The fourth-order valence-electron chi connectivity index (χ4n) is 4.81. The number of likely N-dealkylation sites (tertiary alicyclic amines) is 1. The van der Waals surface area contributed by atoms with Crippen LogP contribution in [-0.4, -0.2) is 40.8 Å². The molecule has 9 heteroatoms. The molecular weight excluding hydrogens is 566 g/mol. The van der Waals surface area contributed by atoms with Gasteiger partial charge in [0.1, 0.15) is 42.3 Å². The average Bonchev–Trinajstić information content (AvgIpc) is 3.00. The van der Waals surface area contributed by atoms with Crippen molar-refractivity contribution < 1.29 is 32.5 Å². The second-order valence-corrected chi connectivity index (χ2v) is 11.6. The molecule has 7 nitrogen and oxygen atoms in total. The maximum absolute atomic E-state index is 15.6. The first-order valence-corrected chi connectivity index (χ1v) is 14.6. The van der Waals surface area contributed by atoms with Gasteiger partial charge in [-0.3, -0.25) is 0 Å². The average molecular weight is 603 g/mol. The maximum atomic E-state index is 15.6. The number of hydrogen-bond donors (Lipinski definition) is 0. The Kier molecular flexibility index (Phi) is 9.62. The SMILES string of the molecule is CC(C)(C)OC(=O)N1CCC(Oc2cc(F)c(-c3ccc(OCc4ccccc4)nc3OCc3ccccc3)c(F)c2)CC1. The molecule has 3 aromatic carbocycles. The Labute approximate surface area is 256 Å². The molecule has 230 valence electrons. The number of piperidine rings is 1. The van der Waals surface area contributed by atoms with Crippen molar-refractivity contribution in [1.29, 1.82) is 0 Å². The Hall–Kier alpha value is -4.66. The van der Waals surface area contributed by atoms with Gasteiger partial charge < -0.3 is 23.8 Å². The summed E-state index contributed by atoms with van der Waals surface area (Å²) in [7, 11) is 0. The summed E-state index contributed by atoms with van der Waals surface area (Å²) >= 11 is 0. The highest BCUT2D eigenvalue weighted by Gasteiger charge is 2.28. The first-order valence-electron chi connectivity index (χ1n) is 14.6. The molecule has 0 bridgehead atoms. The summed E-state index contributed by atoms with van der Waals surface area (Å²) in [5.74, 6) is -1.24. The Morgan fingerprint density at radius 1 is 0.841 bits per heavy atom. The lowest BCUT2D eigenvalue weighted by Gasteiger charge is -2.33. The topological polar surface area (TPSA) is 70.1 Å². The predicted molar refractivity (Wildman–Crippen MR) is 163 cm³/mol. The number of pyridine rings is 1. The number of ether oxygens (including phenoxy) is 4. The normalized spacial score (nSPS) is 13.8. The minimum Gasteiger partial charge on any atom is -0.490 e. The molecule has 0 N–H and O–H groups in total. The number of benzene rings is 3. The molecule has 1 fully saturated rings. The van der Waals surface area contributed by atoms with Crippen molar-refractivity contribution in [2.24, 2.45) is 0 Å². The summed E-state index contributed by atoms with van der Waals surface area (Å²) in [6.07, 6.45) is 0.338. The Balaban J connectivity index is 1.32. The lowest BCUT2D eigenvalue weighted by molar-refractivity contribution is 0.0126. The minimum atomic E-state index is -0.810. The molecule has 4 aromatic rings. The molecule has 1 aliphatic rings. The van der Waals surface area contributed by atoms with Gasteiger partial charge in [-0.2, -0.15) is 4.98 Å². The largest absolute Gasteiger partial charge is 0.490 e. The summed E-state index contributed by atoms with van der Waals surface area (Å²) in [6, 6.07) is 24.5. The molecule has 0 radical (unpaired) electrons. The molecule has 5 rings (SSSR count). The summed E-state index contributed by atoms with van der Waals surface area (Å²) in [6.45, 7) is 6.72. The molecule has 0 aliphatic carbocycles. The highest BCUT2D eigenvalue weighted by Crippen LogP contribution is 2.37. The maximum Gasteiger partial charge on any atom is 0.410 e. The summed E-state index contributed by atoms with van der Waals surface area (Å²) in [5.41, 5.74) is 1.12. The molecule has 1 saturated heterocycles. The summed E-state index contributed by atoms with van der Waals surface area (Å²) in [5, 5.41) is 0. The van der Waals surface area contributed by atoms with Crippen LogP contribution in [0.15, 0.2) is 84.9 Å². The van der Waals surface area contributed by atoms with E-state index >= 15 is 8.78 Å². The zero-order chi connectivity index (χ0) is 31.1. The van der Waals surface area contributed by atoms with Gasteiger partial charge in [0.15, 0.2) is 0 Å². The quantitative estimate of drug-likeness (QED) is 0.194. The van der Waals surface area contributed by atoms with E-state index < -0.39 is 17.2 Å². The van der Waals surface area contributed by atoms with Gasteiger partial charge in [0, 0.05) is 44.1 Å². The smallest absolute Gasteiger partial charge is 0.410 e.